The third kappa shape index (κ3) is 4.43. The summed E-state index contributed by atoms with van der Waals surface area (Å²) in [7, 11) is 0. The minimum Gasteiger partial charge on any atom is -0.295 e. The molecule has 0 radical (unpaired) electrons. The summed E-state index contributed by atoms with van der Waals surface area (Å²) in [6.45, 7) is 9.09. The maximum absolute atomic E-state index is 12.8. The Morgan fingerprint density at radius 1 is 1.06 bits per heavy atom. The number of hydrogen-bond donors (Lipinski definition) is 1. The topological polar surface area (TPSA) is 89.7 Å². The Morgan fingerprint density at radius 3 is 2.29 bits per heavy atom. The Labute approximate surface area is 179 Å². The molecular weight excluding hydrogens is 386 g/mol. The molecule has 0 fully saturated rings. The van der Waals surface area contributed by atoms with Crippen molar-refractivity contribution in [2.45, 2.75) is 6.92 Å². The molecule has 3 rings (SSSR count). The Kier molecular flexibility index (Phi) is 6.44. The number of aromatic amines is 1. The van der Waals surface area contributed by atoms with E-state index in [4.69, 9.17) is 6.57 Å². The fraction of sp³-hybridized carbons (Fsp3) is 0.0400. The smallest absolute Gasteiger partial charge is 0.278 e. The first-order chi connectivity index (χ1) is 15.1. The summed E-state index contributed by atoms with van der Waals surface area (Å²) in [5.41, 5.74) is 2.47. The molecule has 0 saturated carbocycles. The van der Waals surface area contributed by atoms with Crippen molar-refractivity contribution in [2.75, 3.05) is 0 Å². The Bertz CT molecular complexity index is 1350. The van der Waals surface area contributed by atoms with Gasteiger partial charge in [0, 0.05) is 11.3 Å². The molecule has 1 heterocycles. The normalized spacial score (nSPS) is 12.0. The molecule has 0 spiro atoms. The molecule has 148 valence electrons. The molecule has 1 N–H and O–H groups in total. The van der Waals surface area contributed by atoms with Crippen molar-refractivity contribution >= 4 is 11.6 Å². The predicted molar refractivity (Wildman–Crippen MR) is 119 cm³/mol. The van der Waals surface area contributed by atoms with E-state index in [2.05, 4.69) is 16.0 Å². The maximum Gasteiger partial charge on any atom is 0.278 e. The first kappa shape index (κ1) is 20.9. The van der Waals surface area contributed by atoms with Crippen LogP contribution in [0.15, 0.2) is 88.9 Å². The first-order valence-electron chi connectivity index (χ1n) is 9.33. The van der Waals surface area contributed by atoms with Crippen molar-refractivity contribution in [3.63, 3.8) is 0 Å². The van der Waals surface area contributed by atoms with Crippen LogP contribution >= 0.6 is 0 Å². The van der Waals surface area contributed by atoms with Gasteiger partial charge in [0.1, 0.15) is 0 Å². The Balaban J connectivity index is 2.04. The summed E-state index contributed by atoms with van der Waals surface area (Å²) >= 11 is 0. The molecule has 0 saturated heterocycles. The van der Waals surface area contributed by atoms with Gasteiger partial charge in [-0.2, -0.15) is 5.26 Å². The molecule has 3 aromatic rings. The minimum atomic E-state index is -0.218. The highest BCUT2D eigenvalue weighted by atomic mass is 16.1. The van der Waals surface area contributed by atoms with Crippen molar-refractivity contribution in [2.24, 2.45) is 0 Å². The van der Waals surface area contributed by atoms with Crippen LogP contribution in [0.5, 0.6) is 0 Å². The summed E-state index contributed by atoms with van der Waals surface area (Å²) in [6, 6.07) is 22.0. The van der Waals surface area contributed by atoms with Crippen molar-refractivity contribution in [1.29, 1.82) is 10.5 Å². The number of aryl methyl sites for hydroxylation is 1. The number of rotatable bonds is 5. The highest BCUT2D eigenvalue weighted by Gasteiger charge is 2.14. The van der Waals surface area contributed by atoms with E-state index in [1.54, 1.807) is 43.3 Å². The lowest BCUT2D eigenvalue weighted by Crippen LogP contribution is -2.15. The molecule has 1 aromatic heterocycles. The summed E-state index contributed by atoms with van der Waals surface area (Å²) in [4.78, 5) is 16.1. The number of aromatic nitrogens is 2. The molecular formula is C25H17N5O. The number of nitrogens with one attached hydrogen (secondary N) is 1. The van der Waals surface area contributed by atoms with Crippen LogP contribution < -0.4 is 5.56 Å². The summed E-state index contributed by atoms with van der Waals surface area (Å²) in [5, 5.41) is 22.1. The molecule has 6 heteroatoms. The number of allylic oxidation sites excluding steroid dienone is 5. The molecule has 6 nitrogen and oxygen atoms in total. The molecule has 0 aliphatic rings. The third-order valence-corrected chi connectivity index (χ3v) is 4.56. The average Bonchev–Trinajstić information content (AvgIpc) is 3.10. The van der Waals surface area contributed by atoms with E-state index in [0.717, 1.165) is 0 Å². The number of nitrogens with zero attached hydrogens (tertiary/aromatic N) is 4. The van der Waals surface area contributed by atoms with Crippen LogP contribution in [-0.4, -0.2) is 9.78 Å². The molecule has 0 amide bonds. The molecule has 0 unspecified atom stereocenters. The molecule has 2 aromatic carbocycles. The molecule has 0 bridgehead atoms. The number of benzene rings is 2. The standard InChI is InChI=1S/C25H17N5O/c1-18-22(25(31)30(29-18)21-13-7-4-8-14-21)15-9-12-20(16-26)24(23(17-27)28-2)19-10-5-3-6-11-19/h3-15,29H,1H3. The van der Waals surface area contributed by atoms with E-state index in [9.17, 15) is 15.3 Å². The minimum absolute atomic E-state index is 0.159. The number of para-hydroxylation sites is 1. The lowest BCUT2D eigenvalue weighted by Gasteiger charge is -2.06. The second-order valence-corrected chi connectivity index (χ2v) is 6.49. The van der Waals surface area contributed by atoms with Gasteiger partial charge in [-0.05, 0) is 36.8 Å². The highest BCUT2D eigenvalue weighted by Crippen LogP contribution is 2.27. The van der Waals surface area contributed by atoms with Crippen molar-refractivity contribution < 1.29 is 0 Å². The molecule has 31 heavy (non-hydrogen) atoms. The number of nitriles is 2. The molecule has 0 aliphatic heterocycles. The summed E-state index contributed by atoms with van der Waals surface area (Å²) < 4.78 is 1.45. The third-order valence-electron chi connectivity index (χ3n) is 4.56. The van der Waals surface area contributed by atoms with Gasteiger partial charge in [-0.1, -0.05) is 54.6 Å². The lowest BCUT2D eigenvalue weighted by atomic mass is 9.96. The van der Waals surface area contributed by atoms with Crippen LogP contribution in [0.4, 0.5) is 0 Å². The quantitative estimate of drug-likeness (QED) is 0.377. The zero-order valence-electron chi connectivity index (χ0n) is 16.7. The van der Waals surface area contributed by atoms with Gasteiger partial charge in [0.15, 0.2) is 0 Å². The van der Waals surface area contributed by atoms with Crippen LogP contribution in [0.1, 0.15) is 16.8 Å². The predicted octanol–water partition coefficient (Wildman–Crippen LogP) is 4.79. The van der Waals surface area contributed by atoms with Gasteiger partial charge in [-0.25, -0.2) is 14.8 Å². The van der Waals surface area contributed by atoms with Crippen molar-refractivity contribution in [3.8, 4) is 17.8 Å². The monoisotopic (exact) mass is 403 g/mol. The van der Waals surface area contributed by atoms with E-state index >= 15 is 0 Å². The van der Waals surface area contributed by atoms with Gasteiger partial charge in [-0.3, -0.25) is 9.89 Å². The number of hydrogen-bond acceptors (Lipinski definition) is 3. The van der Waals surface area contributed by atoms with Gasteiger partial charge in [0.25, 0.3) is 11.3 Å². The van der Waals surface area contributed by atoms with Crippen LogP contribution in [0.25, 0.3) is 22.2 Å². The van der Waals surface area contributed by atoms with Crippen LogP contribution in [0.2, 0.25) is 0 Å². The van der Waals surface area contributed by atoms with E-state index in [0.29, 0.717) is 22.5 Å². The zero-order valence-corrected chi connectivity index (χ0v) is 16.7. The highest BCUT2D eigenvalue weighted by molar-refractivity contribution is 5.88. The van der Waals surface area contributed by atoms with Gasteiger partial charge < -0.3 is 0 Å². The van der Waals surface area contributed by atoms with Gasteiger partial charge in [0.05, 0.1) is 35.5 Å². The van der Waals surface area contributed by atoms with Gasteiger partial charge in [0.2, 0.25) is 0 Å². The fourth-order valence-electron chi connectivity index (χ4n) is 3.09. The fourth-order valence-corrected chi connectivity index (χ4v) is 3.09. The largest absolute Gasteiger partial charge is 0.295 e. The van der Waals surface area contributed by atoms with Gasteiger partial charge >= 0.3 is 0 Å². The van der Waals surface area contributed by atoms with Gasteiger partial charge in [-0.15, -0.1) is 0 Å². The second-order valence-electron chi connectivity index (χ2n) is 6.49. The Hall–Kier alpha value is -4.86. The second kappa shape index (κ2) is 9.56. The zero-order chi connectivity index (χ0) is 22.2. The molecule has 0 aliphatic carbocycles. The maximum atomic E-state index is 12.8. The average molecular weight is 403 g/mol. The lowest BCUT2D eigenvalue weighted by molar-refractivity contribution is 0.835. The summed E-state index contributed by atoms with van der Waals surface area (Å²) in [5.74, 6) is 0. The Morgan fingerprint density at radius 2 is 1.71 bits per heavy atom. The van der Waals surface area contributed by atoms with Crippen LogP contribution in [0, 0.1) is 36.2 Å². The summed E-state index contributed by atoms with van der Waals surface area (Å²) in [6.07, 6.45) is 4.69. The number of H-pyrrole nitrogens is 1. The van der Waals surface area contributed by atoms with E-state index in [1.807, 2.05) is 42.5 Å². The van der Waals surface area contributed by atoms with E-state index < -0.39 is 0 Å². The van der Waals surface area contributed by atoms with E-state index in [-0.39, 0.29) is 22.4 Å². The van der Waals surface area contributed by atoms with Crippen LogP contribution in [0.3, 0.4) is 0 Å². The van der Waals surface area contributed by atoms with Crippen molar-refractivity contribution in [1.82, 2.24) is 9.78 Å². The molecule has 0 atom stereocenters. The van der Waals surface area contributed by atoms with E-state index in [1.165, 1.54) is 10.8 Å². The first-order valence-corrected chi connectivity index (χ1v) is 9.33. The SMILES string of the molecule is [C-]#[N+]C(C#N)=C(C(C#N)=CC=Cc1c(C)[nH]n(-c2ccccc2)c1=O)c1ccccc1. The van der Waals surface area contributed by atoms with Crippen molar-refractivity contribution in [3.05, 3.63) is 123 Å². The van der Waals surface area contributed by atoms with Crippen LogP contribution in [-0.2, 0) is 0 Å².